The number of halogens is 3. The summed E-state index contributed by atoms with van der Waals surface area (Å²) < 4.78 is 12.1. The summed E-state index contributed by atoms with van der Waals surface area (Å²) in [6, 6.07) is 13.7. The summed E-state index contributed by atoms with van der Waals surface area (Å²) in [5.41, 5.74) is 1.72. The number of nitrogens with zero attached hydrogens (tertiary/aromatic N) is 1. The van der Waals surface area contributed by atoms with Crippen LogP contribution in [0, 0.1) is 6.92 Å². The predicted octanol–water partition coefficient (Wildman–Crippen LogP) is 6.15. The van der Waals surface area contributed by atoms with Crippen molar-refractivity contribution in [2.75, 3.05) is 23.4 Å². The molecule has 4 rings (SSSR count). The SMILES string of the molecule is CCOc1cc(/C=C2\C(=O)NC(=O)N(c3ccc(Br)cc3)C2=O)cc(Cl)c1OCC(=O)Nc1ccc(C)c(Cl)c1. The Morgan fingerprint density at radius 2 is 1.75 bits per heavy atom. The predicted molar refractivity (Wildman–Crippen MR) is 156 cm³/mol. The van der Waals surface area contributed by atoms with Gasteiger partial charge in [0.1, 0.15) is 5.57 Å². The minimum Gasteiger partial charge on any atom is -0.490 e. The van der Waals surface area contributed by atoms with Crippen LogP contribution >= 0.6 is 39.1 Å². The Labute approximate surface area is 248 Å². The van der Waals surface area contributed by atoms with E-state index in [0.29, 0.717) is 16.3 Å². The number of anilines is 2. The van der Waals surface area contributed by atoms with Crippen LogP contribution in [0.25, 0.3) is 6.08 Å². The van der Waals surface area contributed by atoms with E-state index < -0.39 is 23.8 Å². The zero-order chi connectivity index (χ0) is 29.0. The Kier molecular flexibility index (Phi) is 9.14. The van der Waals surface area contributed by atoms with E-state index in [-0.39, 0.29) is 41.0 Å². The van der Waals surface area contributed by atoms with Crippen molar-refractivity contribution in [3.05, 3.63) is 85.8 Å². The molecule has 1 aliphatic heterocycles. The van der Waals surface area contributed by atoms with E-state index >= 15 is 0 Å². The molecule has 2 N–H and O–H groups in total. The molecule has 0 atom stereocenters. The quantitative estimate of drug-likeness (QED) is 0.224. The first-order valence-electron chi connectivity index (χ1n) is 11.9. The maximum atomic E-state index is 13.2. The topological polar surface area (TPSA) is 114 Å². The third kappa shape index (κ3) is 6.64. The minimum absolute atomic E-state index is 0.0773. The molecule has 1 heterocycles. The molecule has 0 radical (unpaired) electrons. The van der Waals surface area contributed by atoms with Gasteiger partial charge in [0, 0.05) is 15.2 Å². The highest BCUT2D eigenvalue weighted by atomic mass is 79.9. The van der Waals surface area contributed by atoms with Crippen molar-refractivity contribution in [3.8, 4) is 11.5 Å². The van der Waals surface area contributed by atoms with Gasteiger partial charge in [-0.15, -0.1) is 0 Å². The highest BCUT2D eigenvalue weighted by molar-refractivity contribution is 9.10. The number of ether oxygens (including phenoxy) is 2. The first kappa shape index (κ1) is 29.1. The molecule has 40 heavy (non-hydrogen) atoms. The molecule has 1 aliphatic rings. The molecule has 0 aliphatic carbocycles. The van der Waals surface area contributed by atoms with E-state index in [1.807, 2.05) is 6.92 Å². The third-order valence-electron chi connectivity index (χ3n) is 5.63. The van der Waals surface area contributed by atoms with Crippen LogP contribution in [0.3, 0.4) is 0 Å². The fraction of sp³-hybridized carbons (Fsp3) is 0.143. The van der Waals surface area contributed by atoms with Crippen molar-refractivity contribution in [2.45, 2.75) is 13.8 Å². The van der Waals surface area contributed by atoms with Gasteiger partial charge in [0.15, 0.2) is 18.1 Å². The van der Waals surface area contributed by atoms with Crippen LogP contribution in [-0.4, -0.2) is 37.0 Å². The zero-order valence-electron chi connectivity index (χ0n) is 21.2. The van der Waals surface area contributed by atoms with Crippen LogP contribution in [0.2, 0.25) is 10.0 Å². The van der Waals surface area contributed by atoms with E-state index in [0.717, 1.165) is 14.9 Å². The molecule has 1 fully saturated rings. The number of aryl methyl sites for hydroxylation is 1. The number of benzene rings is 3. The van der Waals surface area contributed by atoms with Gasteiger partial charge in [-0.2, -0.15) is 0 Å². The Hall–Kier alpha value is -3.86. The highest BCUT2D eigenvalue weighted by Crippen LogP contribution is 2.38. The van der Waals surface area contributed by atoms with Crippen molar-refractivity contribution in [1.82, 2.24) is 5.32 Å². The van der Waals surface area contributed by atoms with Crippen molar-refractivity contribution >= 4 is 80.3 Å². The number of urea groups is 1. The minimum atomic E-state index is -0.863. The number of hydrogen-bond acceptors (Lipinski definition) is 6. The fourth-order valence-corrected chi connectivity index (χ4v) is 4.45. The van der Waals surface area contributed by atoms with Crippen molar-refractivity contribution in [2.24, 2.45) is 0 Å². The largest absolute Gasteiger partial charge is 0.490 e. The molecular weight excluding hydrogens is 625 g/mol. The van der Waals surface area contributed by atoms with Crippen molar-refractivity contribution in [3.63, 3.8) is 0 Å². The van der Waals surface area contributed by atoms with Gasteiger partial charge in [-0.05, 0) is 79.6 Å². The normalized spacial score (nSPS) is 14.3. The smallest absolute Gasteiger partial charge is 0.335 e. The zero-order valence-corrected chi connectivity index (χ0v) is 24.3. The van der Waals surface area contributed by atoms with Crippen LogP contribution in [0.4, 0.5) is 16.2 Å². The summed E-state index contributed by atoms with van der Waals surface area (Å²) in [5.74, 6) is -1.82. The molecule has 3 aromatic rings. The van der Waals surface area contributed by atoms with Crippen LogP contribution in [0.1, 0.15) is 18.1 Å². The molecule has 9 nitrogen and oxygen atoms in total. The monoisotopic (exact) mass is 645 g/mol. The van der Waals surface area contributed by atoms with Crippen LogP contribution in [-0.2, 0) is 14.4 Å². The molecule has 5 amide bonds. The van der Waals surface area contributed by atoms with Crippen molar-refractivity contribution < 1.29 is 28.7 Å². The van der Waals surface area contributed by atoms with Crippen LogP contribution < -0.4 is 25.0 Å². The van der Waals surface area contributed by atoms with E-state index in [1.54, 1.807) is 49.4 Å². The lowest BCUT2D eigenvalue weighted by Crippen LogP contribution is -2.54. The molecule has 0 bridgehead atoms. The van der Waals surface area contributed by atoms with Gasteiger partial charge in [0.05, 0.1) is 17.3 Å². The summed E-state index contributed by atoms with van der Waals surface area (Å²) in [7, 11) is 0. The van der Waals surface area contributed by atoms with Gasteiger partial charge >= 0.3 is 6.03 Å². The van der Waals surface area contributed by atoms with Gasteiger partial charge < -0.3 is 14.8 Å². The summed E-state index contributed by atoms with van der Waals surface area (Å²) in [5, 5.41) is 5.46. The lowest BCUT2D eigenvalue weighted by Gasteiger charge is -2.26. The van der Waals surface area contributed by atoms with Crippen molar-refractivity contribution in [1.29, 1.82) is 0 Å². The van der Waals surface area contributed by atoms with Gasteiger partial charge in [0.2, 0.25) is 0 Å². The second-order valence-electron chi connectivity index (χ2n) is 8.50. The van der Waals surface area contributed by atoms with Gasteiger partial charge in [0.25, 0.3) is 17.7 Å². The molecule has 0 spiro atoms. The van der Waals surface area contributed by atoms with E-state index in [2.05, 4.69) is 26.6 Å². The van der Waals surface area contributed by atoms with Gasteiger partial charge in [-0.3, -0.25) is 19.7 Å². The van der Waals surface area contributed by atoms with Crippen LogP contribution in [0.15, 0.2) is 64.6 Å². The average molecular weight is 647 g/mol. The standard InChI is InChI=1S/C28H22BrCl2N3O6/c1-3-39-23-12-16(10-20-26(36)33-28(38)34(27(20)37)19-8-5-17(29)6-9-19)11-22(31)25(23)40-14-24(35)32-18-7-4-15(2)21(30)13-18/h4-13H,3,14H2,1-2H3,(H,32,35)(H,33,36,38)/b20-10+. The third-order valence-corrected chi connectivity index (χ3v) is 6.85. The Bertz CT molecular complexity index is 1540. The second kappa shape index (κ2) is 12.5. The number of carbonyl (C=O) groups excluding carboxylic acids is 4. The molecule has 12 heteroatoms. The fourth-order valence-electron chi connectivity index (χ4n) is 3.73. The Morgan fingerprint density at radius 1 is 1.02 bits per heavy atom. The van der Waals surface area contributed by atoms with Gasteiger partial charge in [-0.1, -0.05) is 45.2 Å². The lowest BCUT2D eigenvalue weighted by atomic mass is 10.1. The van der Waals surface area contributed by atoms with Gasteiger partial charge in [-0.25, -0.2) is 9.69 Å². The molecule has 206 valence electrons. The summed E-state index contributed by atoms with van der Waals surface area (Å²) >= 11 is 15.9. The van der Waals surface area contributed by atoms with E-state index in [4.69, 9.17) is 32.7 Å². The average Bonchev–Trinajstić information content (AvgIpc) is 2.89. The number of amides is 5. The number of hydrogen-bond donors (Lipinski definition) is 2. The lowest BCUT2D eigenvalue weighted by molar-refractivity contribution is -0.122. The summed E-state index contributed by atoms with van der Waals surface area (Å²) in [6.07, 6.45) is 1.29. The Balaban J connectivity index is 1.57. The Morgan fingerprint density at radius 3 is 2.42 bits per heavy atom. The maximum absolute atomic E-state index is 13.2. The molecule has 0 aromatic heterocycles. The molecule has 1 saturated heterocycles. The molecule has 0 saturated carbocycles. The molecular formula is C28H22BrCl2N3O6. The molecule has 0 unspecified atom stereocenters. The summed E-state index contributed by atoms with van der Waals surface area (Å²) in [6.45, 7) is 3.46. The number of imide groups is 2. The highest BCUT2D eigenvalue weighted by Gasteiger charge is 2.36. The van der Waals surface area contributed by atoms with E-state index in [1.165, 1.54) is 18.2 Å². The number of nitrogens with one attached hydrogen (secondary N) is 2. The summed E-state index contributed by atoms with van der Waals surface area (Å²) in [4.78, 5) is 51.6. The number of rotatable bonds is 8. The van der Waals surface area contributed by atoms with Crippen LogP contribution in [0.5, 0.6) is 11.5 Å². The number of barbiturate groups is 1. The number of carbonyl (C=O) groups is 4. The second-order valence-corrected chi connectivity index (χ2v) is 10.2. The first-order valence-corrected chi connectivity index (χ1v) is 13.4. The first-order chi connectivity index (χ1) is 19.1. The maximum Gasteiger partial charge on any atom is 0.335 e. The molecule has 3 aromatic carbocycles. The van der Waals surface area contributed by atoms with E-state index in [9.17, 15) is 19.2 Å².